The van der Waals surface area contributed by atoms with Crippen molar-refractivity contribution >= 4 is 11.8 Å². The van der Waals surface area contributed by atoms with Gasteiger partial charge in [-0.3, -0.25) is 0 Å². The molecule has 0 aliphatic heterocycles. The van der Waals surface area contributed by atoms with Crippen molar-refractivity contribution in [2.75, 3.05) is 0 Å². The topological polar surface area (TPSA) is 0 Å². The van der Waals surface area contributed by atoms with E-state index in [9.17, 15) is 0 Å². The Bertz CT molecular complexity index is 101. The summed E-state index contributed by atoms with van der Waals surface area (Å²) in [5.74, 6) is 1.04. The quantitative estimate of drug-likeness (QED) is 0.571. The molecule has 2 aliphatic rings. The molecule has 0 bridgehead atoms. The van der Waals surface area contributed by atoms with Crippen LogP contribution in [0, 0.1) is 5.92 Å². The van der Waals surface area contributed by atoms with E-state index in [-0.39, 0.29) is 0 Å². The van der Waals surface area contributed by atoms with Gasteiger partial charge in [0, 0.05) is 10.5 Å². The van der Waals surface area contributed by atoms with E-state index in [1.165, 1.54) is 25.7 Å². The Morgan fingerprint density at radius 3 is 2.22 bits per heavy atom. The van der Waals surface area contributed by atoms with Crippen LogP contribution in [0.2, 0.25) is 0 Å². The number of hydrogen-bond donors (Lipinski definition) is 0. The van der Waals surface area contributed by atoms with E-state index in [0.29, 0.717) is 0 Å². The van der Waals surface area contributed by atoms with Gasteiger partial charge in [0.15, 0.2) is 0 Å². The van der Waals surface area contributed by atoms with E-state index in [0.717, 1.165) is 16.4 Å². The van der Waals surface area contributed by atoms with E-state index in [1.54, 1.807) is 0 Å². The lowest BCUT2D eigenvalue weighted by Crippen LogP contribution is -2.23. The highest BCUT2D eigenvalue weighted by atomic mass is 32.2. The minimum Gasteiger partial charge on any atom is -0.155 e. The third kappa shape index (κ3) is 1.43. The maximum Gasteiger partial charge on any atom is 0.00549 e. The van der Waals surface area contributed by atoms with Gasteiger partial charge in [-0.2, -0.15) is 11.8 Å². The maximum atomic E-state index is 2.37. The van der Waals surface area contributed by atoms with E-state index in [2.05, 4.69) is 18.7 Å². The van der Waals surface area contributed by atoms with Crippen molar-refractivity contribution in [1.29, 1.82) is 0 Å². The zero-order valence-electron chi connectivity index (χ0n) is 5.97. The molecule has 0 aromatic heterocycles. The lowest BCUT2D eigenvalue weighted by Gasteiger charge is -2.31. The Labute approximate surface area is 61.4 Å². The van der Waals surface area contributed by atoms with Crippen LogP contribution in [0.4, 0.5) is 0 Å². The third-order valence-corrected chi connectivity index (χ3v) is 3.87. The summed E-state index contributed by atoms with van der Waals surface area (Å²) in [7, 11) is 0. The predicted molar refractivity (Wildman–Crippen MR) is 42.8 cm³/mol. The van der Waals surface area contributed by atoms with Gasteiger partial charge < -0.3 is 0 Å². The van der Waals surface area contributed by atoms with Crippen molar-refractivity contribution < 1.29 is 0 Å². The number of hydrogen-bond acceptors (Lipinski definition) is 1. The second kappa shape index (κ2) is 2.19. The molecule has 2 rings (SSSR count). The molecule has 2 fully saturated rings. The van der Waals surface area contributed by atoms with Crippen LogP contribution >= 0.6 is 11.8 Å². The van der Waals surface area contributed by atoms with Gasteiger partial charge in [-0.1, -0.05) is 6.92 Å². The van der Waals surface area contributed by atoms with Crippen molar-refractivity contribution in [1.82, 2.24) is 0 Å². The Morgan fingerprint density at radius 2 is 1.78 bits per heavy atom. The molecule has 2 aliphatic carbocycles. The molecule has 1 heteroatoms. The fourth-order valence-corrected chi connectivity index (χ4v) is 3.25. The molecule has 9 heavy (non-hydrogen) atoms. The lowest BCUT2D eigenvalue weighted by molar-refractivity contribution is 0.360. The molecule has 0 spiro atoms. The SMILES string of the molecule is CC1CC(SC2CC2)C1. The lowest BCUT2D eigenvalue weighted by atomic mass is 9.87. The smallest absolute Gasteiger partial charge is 0.00549 e. The average Bonchev–Trinajstić information content (AvgIpc) is 2.45. The standard InChI is InChI=1S/C8H14S/c1-6-4-8(5-6)9-7-2-3-7/h6-8H,2-5H2,1H3. The van der Waals surface area contributed by atoms with Gasteiger partial charge >= 0.3 is 0 Å². The average molecular weight is 142 g/mol. The molecule has 52 valence electrons. The molecule has 0 unspecified atom stereocenters. The molecule has 0 heterocycles. The van der Waals surface area contributed by atoms with Gasteiger partial charge in [-0.25, -0.2) is 0 Å². The van der Waals surface area contributed by atoms with Crippen LogP contribution in [0.3, 0.4) is 0 Å². The van der Waals surface area contributed by atoms with Crippen LogP contribution in [-0.4, -0.2) is 10.5 Å². The Balaban J connectivity index is 1.64. The molecule has 2 saturated carbocycles. The van der Waals surface area contributed by atoms with Crippen LogP contribution in [0.25, 0.3) is 0 Å². The Morgan fingerprint density at radius 1 is 1.11 bits per heavy atom. The van der Waals surface area contributed by atoms with Gasteiger partial charge in [-0.05, 0) is 31.6 Å². The van der Waals surface area contributed by atoms with E-state index >= 15 is 0 Å². The van der Waals surface area contributed by atoms with E-state index in [1.807, 2.05) is 0 Å². The predicted octanol–water partition coefficient (Wildman–Crippen LogP) is 2.68. The Kier molecular flexibility index (Phi) is 1.48. The first kappa shape index (κ1) is 6.09. The maximum absolute atomic E-state index is 2.37. The summed E-state index contributed by atoms with van der Waals surface area (Å²) in [4.78, 5) is 0. The zero-order chi connectivity index (χ0) is 6.27. The molecule has 0 aromatic rings. The monoisotopic (exact) mass is 142 g/mol. The largest absolute Gasteiger partial charge is 0.155 e. The molecule has 0 radical (unpaired) electrons. The first-order valence-corrected chi connectivity index (χ1v) is 4.94. The summed E-state index contributed by atoms with van der Waals surface area (Å²) in [5, 5.41) is 2.15. The highest BCUT2D eigenvalue weighted by Crippen LogP contribution is 2.45. The summed E-state index contributed by atoms with van der Waals surface area (Å²) >= 11 is 2.26. The van der Waals surface area contributed by atoms with Crippen molar-refractivity contribution in [3.8, 4) is 0 Å². The minimum absolute atomic E-state index is 1.04. The van der Waals surface area contributed by atoms with Gasteiger partial charge in [0.1, 0.15) is 0 Å². The van der Waals surface area contributed by atoms with Crippen LogP contribution in [-0.2, 0) is 0 Å². The fourth-order valence-electron chi connectivity index (χ4n) is 1.42. The molecular formula is C8H14S. The highest BCUT2D eigenvalue weighted by molar-refractivity contribution is 8.00. The first-order chi connectivity index (χ1) is 4.34. The minimum atomic E-state index is 1.04. The van der Waals surface area contributed by atoms with Crippen molar-refractivity contribution in [3.05, 3.63) is 0 Å². The first-order valence-electron chi connectivity index (χ1n) is 4.00. The third-order valence-electron chi connectivity index (χ3n) is 2.24. The molecular weight excluding hydrogens is 128 g/mol. The molecule has 0 nitrogen and oxygen atoms in total. The van der Waals surface area contributed by atoms with E-state index < -0.39 is 0 Å². The molecule has 0 saturated heterocycles. The van der Waals surface area contributed by atoms with Crippen LogP contribution in [0.5, 0.6) is 0 Å². The highest BCUT2D eigenvalue weighted by Gasteiger charge is 2.32. The summed E-state index contributed by atoms with van der Waals surface area (Å²) in [6.45, 7) is 2.37. The normalized spacial score (nSPS) is 42.3. The number of rotatable bonds is 2. The second-order valence-corrected chi connectivity index (χ2v) is 5.14. The number of thioether (sulfide) groups is 1. The second-order valence-electron chi connectivity index (χ2n) is 3.53. The molecule has 0 amide bonds. The summed E-state index contributed by atoms with van der Waals surface area (Å²) in [6.07, 6.45) is 6.02. The van der Waals surface area contributed by atoms with Gasteiger partial charge in [-0.15, -0.1) is 0 Å². The zero-order valence-corrected chi connectivity index (χ0v) is 6.79. The van der Waals surface area contributed by atoms with Gasteiger partial charge in [0.2, 0.25) is 0 Å². The van der Waals surface area contributed by atoms with Gasteiger partial charge in [0.05, 0.1) is 0 Å². The van der Waals surface area contributed by atoms with E-state index in [4.69, 9.17) is 0 Å². The summed E-state index contributed by atoms with van der Waals surface area (Å²) in [6, 6.07) is 0. The Hall–Kier alpha value is 0.350. The fraction of sp³-hybridized carbons (Fsp3) is 1.00. The molecule has 0 aromatic carbocycles. The molecule has 0 N–H and O–H groups in total. The van der Waals surface area contributed by atoms with Crippen LogP contribution in [0.15, 0.2) is 0 Å². The van der Waals surface area contributed by atoms with Crippen LogP contribution < -0.4 is 0 Å². The van der Waals surface area contributed by atoms with Crippen molar-refractivity contribution in [3.63, 3.8) is 0 Å². The van der Waals surface area contributed by atoms with Crippen molar-refractivity contribution in [2.24, 2.45) is 5.92 Å². The molecule has 0 atom stereocenters. The van der Waals surface area contributed by atoms with Crippen molar-refractivity contribution in [2.45, 2.75) is 43.1 Å². The van der Waals surface area contributed by atoms with Gasteiger partial charge in [0.25, 0.3) is 0 Å². The summed E-state index contributed by atoms with van der Waals surface area (Å²) in [5.41, 5.74) is 0. The van der Waals surface area contributed by atoms with Crippen LogP contribution in [0.1, 0.15) is 32.6 Å². The summed E-state index contributed by atoms with van der Waals surface area (Å²) < 4.78 is 0.